The molecular formula is C50H68N4O6. The van der Waals surface area contributed by atoms with E-state index >= 15 is 0 Å². The number of rotatable bonds is 18. The van der Waals surface area contributed by atoms with E-state index in [1.807, 2.05) is 31.2 Å². The molecule has 0 radical (unpaired) electrons. The smallest absolute Gasteiger partial charge is 0.168 e. The van der Waals surface area contributed by atoms with Gasteiger partial charge in [-0.2, -0.15) is 10.2 Å². The lowest BCUT2D eigenvalue weighted by atomic mass is 9.71. The third-order valence-electron chi connectivity index (χ3n) is 12.4. The van der Waals surface area contributed by atoms with E-state index in [4.69, 9.17) is 29.1 Å². The Morgan fingerprint density at radius 2 is 1.23 bits per heavy atom. The van der Waals surface area contributed by atoms with Crippen LogP contribution in [-0.4, -0.2) is 71.8 Å². The number of allylic oxidation sites excluding steroid dienone is 1. The van der Waals surface area contributed by atoms with Gasteiger partial charge in [-0.25, -0.2) is 0 Å². The maximum absolute atomic E-state index is 12.0. The van der Waals surface area contributed by atoms with Crippen molar-refractivity contribution < 1.29 is 28.5 Å². The van der Waals surface area contributed by atoms with Gasteiger partial charge >= 0.3 is 0 Å². The van der Waals surface area contributed by atoms with Gasteiger partial charge in [0, 0.05) is 56.1 Å². The molecule has 2 saturated heterocycles. The van der Waals surface area contributed by atoms with Crippen LogP contribution in [0.15, 0.2) is 66.7 Å². The number of aromatic nitrogens is 4. The first-order valence-electron chi connectivity index (χ1n) is 22.1. The van der Waals surface area contributed by atoms with Crippen LogP contribution in [-0.2, 0) is 75.7 Å². The van der Waals surface area contributed by atoms with Crippen LogP contribution in [0, 0.1) is 21.7 Å². The predicted molar refractivity (Wildman–Crippen MR) is 236 cm³/mol. The predicted octanol–water partition coefficient (Wildman–Crippen LogP) is 9.09. The van der Waals surface area contributed by atoms with E-state index in [2.05, 4.69) is 87.9 Å². The van der Waals surface area contributed by atoms with Crippen molar-refractivity contribution >= 4 is 18.6 Å². The molecule has 10 nitrogen and oxygen atoms in total. The molecule has 0 N–H and O–H groups in total. The second kappa shape index (κ2) is 20.6. The molecule has 3 aliphatic rings. The van der Waals surface area contributed by atoms with Gasteiger partial charge in [0.15, 0.2) is 6.29 Å². The summed E-state index contributed by atoms with van der Waals surface area (Å²) in [7, 11) is 0. The maximum atomic E-state index is 12.0. The lowest BCUT2D eigenvalue weighted by Gasteiger charge is -2.37. The number of aldehydes is 2. The summed E-state index contributed by atoms with van der Waals surface area (Å²) < 4.78 is 27.1. The number of ether oxygens (including phenoxy) is 4. The normalized spacial score (nSPS) is 17.2. The Hall–Kier alpha value is -4.22. The van der Waals surface area contributed by atoms with Crippen molar-refractivity contribution in [2.24, 2.45) is 21.7 Å². The highest BCUT2D eigenvalue weighted by atomic mass is 16.5. The van der Waals surface area contributed by atoms with Crippen molar-refractivity contribution in [3.63, 3.8) is 0 Å². The van der Waals surface area contributed by atoms with Crippen molar-refractivity contribution in [3.05, 3.63) is 112 Å². The minimum atomic E-state index is -0.486. The van der Waals surface area contributed by atoms with Gasteiger partial charge < -0.3 is 23.7 Å². The van der Waals surface area contributed by atoms with Gasteiger partial charge in [0.2, 0.25) is 0 Å². The van der Waals surface area contributed by atoms with Crippen molar-refractivity contribution in [2.75, 3.05) is 39.6 Å². The van der Waals surface area contributed by atoms with Gasteiger partial charge in [-0.3, -0.25) is 14.2 Å². The van der Waals surface area contributed by atoms with Gasteiger partial charge in [-0.15, -0.1) is 0 Å². The third-order valence-corrected chi connectivity index (χ3v) is 12.4. The molecular weight excluding hydrogens is 753 g/mol. The molecule has 2 aliphatic heterocycles. The monoisotopic (exact) mass is 821 g/mol. The second-order valence-electron chi connectivity index (χ2n) is 18.8. The molecule has 1 spiro atoms. The Kier molecular flexibility index (Phi) is 15.5. The highest BCUT2D eigenvalue weighted by Gasteiger charge is 2.38. The molecule has 4 aromatic rings. The number of fused-ring (bicyclic) bond motifs is 1. The molecule has 0 saturated carbocycles. The summed E-state index contributed by atoms with van der Waals surface area (Å²) in [6.45, 7) is 20.0. The zero-order chi connectivity index (χ0) is 42.6. The fourth-order valence-electron chi connectivity index (χ4n) is 8.90. The lowest BCUT2D eigenvalue weighted by Crippen LogP contribution is -2.34. The number of carbonyl (C=O) groups is 2. The largest absolute Gasteiger partial charge is 0.381 e. The van der Waals surface area contributed by atoms with Crippen LogP contribution < -0.4 is 0 Å². The standard InChI is InChI=1S/C25H34N2O4.C25H34N2O2/c1-4-27-23(16-28)21(14-25(18-29)10-12-30-13-11-25)22(26-27)15-24(2,3)19-31-17-20-8-6-5-7-9-20;1-4-27-23-10-11-25(12-14-28-15-13-25)16-21(23)22(26-27)17-24(2,3)19-29-18-20-8-6-5-7-9-20/h5-9,16,18H,4,10-15,17,19H2,1-3H3;5-11H,4,12-19H2,1-3H3. The number of aryl methyl sites for hydroxylation is 2. The number of hydrogen-bond acceptors (Lipinski definition) is 8. The summed E-state index contributed by atoms with van der Waals surface area (Å²) in [5, 5.41) is 9.78. The average molecular weight is 821 g/mol. The number of benzene rings is 2. The molecule has 0 unspecified atom stereocenters. The van der Waals surface area contributed by atoms with E-state index < -0.39 is 5.41 Å². The minimum Gasteiger partial charge on any atom is -0.381 e. The average Bonchev–Trinajstić information content (AvgIpc) is 3.76. The Balaban J connectivity index is 0.000000202. The molecule has 2 fully saturated rings. The molecule has 2 aromatic heterocycles. The van der Waals surface area contributed by atoms with Crippen LogP contribution >= 0.6 is 0 Å². The SMILES string of the molecule is CCn1nc(CC(C)(C)COCc2ccccc2)c(CC2(C=O)CCOCC2)c1C=O.CCn1nc(CC(C)(C)COCc2ccccc2)c2c1C=CC1(CCOCC1)C2. The van der Waals surface area contributed by atoms with E-state index in [9.17, 15) is 9.59 Å². The molecule has 4 heterocycles. The van der Waals surface area contributed by atoms with E-state index in [1.54, 1.807) is 4.68 Å². The Labute approximate surface area is 358 Å². The van der Waals surface area contributed by atoms with E-state index in [0.29, 0.717) is 71.0 Å². The third kappa shape index (κ3) is 11.8. The molecule has 60 heavy (non-hydrogen) atoms. The first-order valence-corrected chi connectivity index (χ1v) is 22.1. The Morgan fingerprint density at radius 3 is 1.75 bits per heavy atom. The summed E-state index contributed by atoms with van der Waals surface area (Å²) in [5.74, 6) is 0. The number of carbonyl (C=O) groups excluding carboxylic acids is 2. The van der Waals surface area contributed by atoms with Crippen LogP contribution in [0.3, 0.4) is 0 Å². The first kappa shape index (κ1) is 45.3. The topological polar surface area (TPSA) is 107 Å². The molecule has 0 amide bonds. The fourth-order valence-corrected chi connectivity index (χ4v) is 8.90. The van der Waals surface area contributed by atoms with E-state index in [0.717, 1.165) is 81.4 Å². The van der Waals surface area contributed by atoms with Crippen molar-refractivity contribution in [1.82, 2.24) is 19.6 Å². The van der Waals surface area contributed by atoms with Crippen molar-refractivity contribution in [3.8, 4) is 0 Å². The Bertz CT molecular complexity index is 2000. The van der Waals surface area contributed by atoms with Crippen LogP contribution in [0.2, 0.25) is 0 Å². The van der Waals surface area contributed by atoms with Crippen LogP contribution in [0.1, 0.15) is 117 Å². The molecule has 2 aromatic carbocycles. The zero-order valence-electron chi connectivity index (χ0n) is 37.0. The van der Waals surface area contributed by atoms with Crippen LogP contribution in [0.4, 0.5) is 0 Å². The number of nitrogens with zero attached hydrogens (tertiary/aromatic N) is 4. The minimum absolute atomic E-state index is 0.0411. The quantitative estimate of drug-likeness (QED) is 0.0916. The van der Waals surface area contributed by atoms with E-state index in [-0.39, 0.29) is 16.2 Å². The highest BCUT2D eigenvalue weighted by Crippen LogP contribution is 2.43. The van der Waals surface area contributed by atoms with Gasteiger partial charge in [0.1, 0.15) is 12.0 Å². The van der Waals surface area contributed by atoms with E-state index in [1.165, 1.54) is 22.5 Å². The summed E-state index contributed by atoms with van der Waals surface area (Å²) in [6, 6.07) is 20.5. The van der Waals surface area contributed by atoms with Gasteiger partial charge in [-0.05, 0) is 98.7 Å². The highest BCUT2D eigenvalue weighted by molar-refractivity contribution is 5.76. The Morgan fingerprint density at radius 1 is 0.717 bits per heavy atom. The number of hydrogen-bond donors (Lipinski definition) is 0. The zero-order valence-corrected chi connectivity index (χ0v) is 37.0. The molecule has 7 rings (SSSR count). The van der Waals surface area contributed by atoms with Gasteiger partial charge in [-0.1, -0.05) is 94.4 Å². The fraction of sp³-hybridized carbons (Fsp3) is 0.560. The molecule has 10 heteroatoms. The first-order chi connectivity index (χ1) is 28.9. The lowest BCUT2D eigenvalue weighted by molar-refractivity contribution is -0.121. The van der Waals surface area contributed by atoms with Crippen molar-refractivity contribution in [1.29, 1.82) is 0 Å². The molecule has 324 valence electrons. The maximum Gasteiger partial charge on any atom is 0.168 e. The molecule has 0 atom stereocenters. The molecule has 1 aliphatic carbocycles. The van der Waals surface area contributed by atoms with Gasteiger partial charge in [0.05, 0.1) is 43.5 Å². The second-order valence-corrected chi connectivity index (χ2v) is 18.8. The summed E-state index contributed by atoms with van der Waals surface area (Å²) >= 11 is 0. The van der Waals surface area contributed by atoms with Crippen LogP contribution in [0.5, 0.6) is 0 Å². The van der Waals surface area contributed by atoms with Gasteiger partial charge in [0.25, 0.3) is 0 Å². The van der Waals surface area contributed by atoms with Crippen LogP contribution in [0.25, 0.3) is 6.08 Å². The summed E-state index contributed by atoms with van der Waals surface area (Å²) in [4.78, 5) is 24.0. The van der Waals surface area contributed by atoms with Crippen molar-refractivity contribution in [2.45, 2.75) is 119 Å². The summed E-state index contributed by atoms with van der Waals surface area (Å²) in [6.07, 6.45) is 13.5. The molecule has 0 bridgehead atoms. The summed E-state index contributed by atoms with van der Waals surface area (Å²) in [5.41, 5.74) is 8.42.